The number of hydrogen-bond acceptors (Lipinski definition) is 5. The predicted molar refractivity (Wildman–Crippen MR) is 101 cm³/mol. The third kappa shape index (κ3) is 5.84. The predicted octanol–water partition coefficient (Wildman–Crippen LogP) is 3.32. The first kappa shape index (κ1) is 19.9. The van der Waals surface area contributed by atoms with E-state index in [2.05, 4.69) is 4.98 Å². The molecule has 0 unspecified atom stereocenters. The maximum absolute atomic E-state index is 12.5. The number of carbonyl (C=O) groups excluding carboxylic acids is 1. The van der Waals surface area contributed by atoms with E-state index < -0.39 is 5.97 Å². The van der Waals surface area contributed by atoms with Crippen molar-refractivity contribution in [2.24, 2.45) is 5.92 Å². The number of hydrogen-bond donors (Lipinski definition) is 1. The van der Waals surface area contributed by atoms with E-state index in [4.69, 9.17) is 9.84 Å². The second-order valence-electron chi connectivity index (χ2n) is 6.34. The number of amides is 1. The highest BCUT2D eigenvalue weighted by atomic mass is 32.1. The fourth-order valence-electron chi connectivity index (χ4n) is 2.51. The Kier molecular flexibility index (Phi) is 7.15. The second kappa shape index (κ2) is 9.33. The maximum atomic E-state index is 12.5. The largest absolute Gasteiger partial charge is 0.494 e. The summed E-state index contributed by atoms with van der Waals surface area (Å²) in [5.74, 6) is -0.216. The highest BCUT2D eigenvalue weighted by molar-refractivity contribution is 7.13. The monoisotopic (exact) mass is 376 g/mol. The molecule has 1 heterocycles. The molecule has 26 heavy (non-hydrogen) atoms. The van der Waals surface area contributed by atoms with Crippen LogP contribution in [0.5, 0.6) is 5.75 Å². The SMILES string of the molecule is CCOc1ccc(-c2nc(CC(=O)N(CC(=O)O)CC(C)C)cs2)cc1. The van der Waals surface area contributed by atoms with Gasteiger partial charge in [0.15, 0.2) is 0 Å². The summed E-state index contributed by atoms with van der Waals surface area (Å²) >= 11 is 1.46. The first-order valence-electron chi connectivity index (χ1n) is 8.56. The van der Waals surface area contributed by atoms with Gasteiger partial charge in [-0.15, -0.1) is 11.3 Å². The van der Waals surface area contributed by atoms with Crippen molar-refractivity contribution in [1.29, 1.82) is 0 Å². The molecule has 0 spiro atoms. The number of thiazole rings is 1. The molecule has 0 atom stereocenters. The first-order chi connectivity index (χ1) is 12.4. The number of carboxylic acids is 1. The summed E-state index contributed by atoms with van der Waals surface area (Å²) in [6.07, 6.45) is 0.105. The molecule has 2 rings (SSSR count). The molecule has 7 heteroatoms. The summed E-state index contributed by atoms with van der Waals surface area (Å²) in [6.45, 7) is 6.59. The molecule has 140 valence electrons. The molecule has 0 aliphatic carbocycles. The van der Waals surface area contributed by atoms with Gasteiger partial charge >= 0.3 is 5.97 Å². The van der Waals surface area contributed by atoms with Gasteiger partial charge in [-0.3, -0.25) is 9.59 Å². The molecule has 1 aromatic carbocycles. The van der Waals surface area contributed by atoms with Crippen molar-refractivity contribution in [1.82, 2.24) is 9.88 Å². The van der Waals surface area contributed by atoms with Crippen molar-refractivity contribution < 1.29 is 19.4 Å². The molecular weight excluding hydrogens is 352 g/mol. The molecule has 0 aliphatic rings. The van der Waals surface area contributed by atoms with Crippen molar-refractivity contribution >= 4 is 23.2 Å². The van der Waals surface area contributed by atoms with Crippen LogP contribution in [0.15, 0.2) is 29.6 Å². The third-order valence-electron chi connectivity index (χ3n) is 3.56. The Bertz CT molecular complexity index is 740. The quantitative estimate of drug-likeness (QED) is 0.726. The van der Waals surface area contributed by atoms with Crippen LogP contribution in [-0.2, 0) is 16.0 Å². The molecule has 0 bridgehead atoms. The fourth-order valence-corrected chi connectivity index (χ4v) is 3.33. The van der Waals surface area contributed by atoms with E-state index in [9.17, 15) is 9.59 Å². The Labute approximate surface area is 157 Å². The van der Waals surface area contributed by atoms with Gasteiger partial charge < -0.3 is 14.7 Å². The van der Waals surface area contributed by atoms with E-state index in [1.165, 1.54) is 16.2 Å². The molecule has 0 aliphatic heterocycles. The van der Waals surface area contributed by atoms with Gasteiger partial charge in [0, 0.05) is 17.5 Å². The third-order valence-corrected chi connectivity index (χ3v) is 4.50. The zero-order valence-electron chi connectivity index (χ0n) is 15.3. The van der Waals surface area contributed by atoms with Crippen LogP contribution in [-0.4, -0.2) is 46.6 Å². The highest BCUT2D eigenvalue weighted by Gasteiger charge is 2.19. The van der Waals surface area contributed by atoms with Gasteiger partial charge in [0.25, 0.3) is 0 Å². The molecule has 1 N–H and O–H groups in total. The lowest BCUT2D eigenvalue weighted by Crippen LogP contribution is -2.39. The summed E-state index contributed by atoms with van der Waals surface area (Å²) in [6, 6.07) is 7.65. The van der Waals surface area contributed by atoms with Gasteiger partial charge in [-0.2, -0.15) is 0 Å². The standard InChI is InChI=1S/C19H24N2O4S/c1-4-25-16-7-5-14(6-8-16)19-20-15(12-26-19)9-17(22)21(10-13(2)3)11-18(23)24/h5-8,12-13H,4,9-11H2,1-3H3,(H,23,24). The van der Waals surface area contributed by atoms with Gasteiger partial charge in [0.1, 0.15) is 17.3 Å². The van der Waals surface area contributed by atoms with Gasteiger partial charge in [-0.05, 0) is 37.1 Å². The van der Waals surface area contributed by atoms with E-state index in [0.29, 0.717) is 18.8 Å². The van der Waals surface area contributed by atoms with Crippen molar-refractivity contribution in [2.45, 2.75) is 27.2 Å². The molecule has 2 aromatic rings. The fraction of sp³-hybridized carbons (Fsp3) is 0.421. The summed E-state index contributed by atoms with van der Waals surface area (Å²) in [7, 11) is 0. The number of aromatic nitrogens is 1. The van der Waals surface area contributed by atoms with Crippen LogP contribution in [0.2, 0.25) is 0 Å². The van der Waals surface area contributed by atoms with Crippen LogP contribution >= 0.6 is 11.3 Å². The summed E-state index contributed by atoms with van der Waals surface area (Å²) in [4.78, 5) is 29.3. The van der Waals surface area contributed by atoms with Crippen LogP contribution in [0.1, 0.15) is 26.5 Å². The minimum absolute atomic E-state index is 0.105. The Morgan fingerprint density at radius 2 is 1.96 bits per heavy atom. The van der Waals surface area contributed by atoms with Crippen LogP contribution in [0, 0.1) is 5.92 Å². The molecule has 0 saturated carbocycles. The van der Waals surface area contributed by atoms with Crippen molar-refractivity contribution in [3.8, 4) is 16.3 Å². The smallest absolute Gasteiger partial charge is 0.323 e. The number of ether oxygens (including phenoxy) is 1. The number of benzene rings is 1. The lowest BCUT2D eigenvalue weighted by Gasteiger charge is -2.22. The number of rotatable bonds is 9. The van der Waals surface area contributed by atoms with Crippen LogP contribution < -0.4 is 4.74 Å². The molecular formula is C19H24N2O4S. The van der Waals surface area contributed by atoms with E-state index in [-0.39, 0.29) is 24.8 Å². The van der Waals surface area contributed by atoms with Gasteiger partial charge in [0.2, 0.25) is 5.91 Å². The second-order valence-corrected chi connectivity index (χ2v) is 7.20. The zero-order valence-corrected chi connectivity index (χ0v) is 16.1. The van der Waals surface area contributed by atoms with Gasteiger partial charge in [-0.25, -0.2) is 4.98 Å². The topological polar surface area (TPSA) is 79.7 Å². The number of nitrogens with zero attached hydrogens (tertiary/aromatic N) is 2. The number of carboxylic acid groups (broad SMARTS) is 1. The van der Waals surface area contributed by atoms with E-state index in [1.54, 1.807) is 0 Å². The normalized spacial score (nSPS) is 10.8. The minimum Gasteiger partial charge on any atom is -0.494 e. The maximum Gasteiger partial charge on any atom is 0.323 e. The van der Waals surface area contributed by atoms with E-state index in [0.717, 1.165) is 16.3 Å². The molecule has 1 amide bonds. The highest BCUT2D eigenvalue weighted by Crippen LogP contribution is 2.26. The summed E-state index contributed by atoms with van der Waals surface area (Å²) < 4.78 is 5.43. The molecule has 0 saturated heterocycles. The van der Waals surface area contributed by atoms with E-state index in [1.807, 2.05) is 50.4 Å². The molecule has 0 radical (unpaired) electrons. The average Bonchev–Trinajstić information content (AvgIpc) is 3.03. The molecule has 0 fully saturated rings. The Morgan fingerprint density at radius 1 is 1.27 bits per heavy atom. The van der Waals surface area contributed by atoms with Crippen molar-refractivity contribution in [2.75, 3.05) is 19.7 Å². The summed E-state index contributed by atoms with van der Waals surface area (Å²) in [5, 5.41) is 11.7. The van der Waals surface area contributed by atoms with Crippen molar-refractivity contribution in [3.63, 3.8) is 0 Å². The summed E-state index contributed by atoms with van der Waals surface area (Å²) in [5.41, 5.74) is 1.62. The van der Waals surface area contributed by atoms with E-state index >= 15 is 0 Å². The molecule has 6 nitrogen and oxygen atoms in total. The van der Waals surface area contributed by atoms with Gasteiger partial charge in [-0.1, -0.05) is 13.8 Å². The average molecular weight is 376 g/mol. The van der Waals surface area contributed by atoms with Crippen molar-refractivity contribution in [3.05, 3.63) is 35.3 Å². The lowest BCUT2D eigenvalue weighted by atomic mass is 10.2. The molecule has 1 aromatic heterocycles. The van der Waals surface area contributed by atoms with Crippen LogP contribution in [0.4, 0.5) is 0 Å². The minimum atomic E-state index is -1.01. The van der Waals surface area contributed by atoms with Crippen LogP contribution in [0.3, 0.4) is 0 Å². The van der Waals surface area contributed by atoms with Gasteiger partial charge in [0.05, 0.1) is 18.7 Å². The Morgan fingerprint density at radius 3 is 2.54 bits per heavy atom. The number of aliphatic carboxylic acids is 1. The number of carbonyl (C=O) groups is 2. The lowest BCUT2D eigenvalue weighted by molar-refractivity contribution is -0.144. The zero-order chi connectivity index (χ0) is 19.1. The van der Waals surface area contributed by atoms with Crippen LogP contribution in [0.25, 0.3) is 10.6 Å². The Hall–Kier alpha value is -2.41. The Balaban J connectivity index is 2.06. The first-order valence-corrected chi connectivity index (χ1v) is 9.44.